The molecule has 1 aliphatic rings. The molecule has 0 radical (unpaired) electrons. The van der Waals surface area contributed by atoms with Crippen molar-refractivity contribution in [2.75, 3.05) is 6.54 Å². The van der Waals surface area contributed by atoms with Gasteiger partial charge in [-0.05, 0) is 25.7 Å². The molecule has 0 unspecified atom stereocenters. The third-order valence-corrected chi connectivity index (χ3v) is 7.81. The van der Waals surface area contributed by atoms with Gasteiger partial charge in [0.25, 0.3) is 11.8 Å². The lowest BCUT2D eigenvalue weighted by Crippen LogP contribution is -2.37. The summed E-state index contributed by atoms with van der Waals surface area (Å²) in [6.45, 7) is 0.0661. The molecule has 1 aliphatic carbocycles. The maximum Gasteiger partial charge on any atom is 0.287 e. The molecular weight excluding hydrogens is 569 g/mol. The molecule has 0 saturated heterocycles. The molecule has 8 nitrogen and oxygen atoms in total. The number of pyridine rings is 1. The first-order valence-electron chi connectivity index (χ1n) is 11.4. The predicted octanol–water partition coefficient (Wildman–Crippen LogP) is 5.77. The van der Waals surface area contributed by atoms with E-state index in [0.717, 1.165) is 29.4 Å². The fraction of sp³-hybridized carbons (Fsp3) is 0.435. The van der Waals surface area contributed by atoms with Gasteiger partial charge in [0.2, 0.25) is 0 Å². The van der Waals surface area contributed by atoms with Gasteiger partial charge in [0.1, 0.15) is 15.0 Å². The molecule has 0 aromatic carbocycles. The van der Waals surface area contributed by atoms with Crippen LogP contribution in [0.3, 0.4) is 0 Å². The third-order valence-electron chi connectivity index (χ3n) is 6.13. The van der Waals surface area contributed by atoms with Crippen LogP contribution in [0.15, 0.2) is 24.8 Å². The Labute approximate surface area is 230 Å². The minimum absolute atomic E-state index is 0.00583. The number of amides is 1. The fourth-order valence-electron chi connectivity index (χ4n) is 4.40. The summed E-state index contributed by atoms with van der Waals surface area (Å²) < 4.78 is 31.5. The predicted molar refractivity (Wildman–Crippen MR) is 138 cm³/mol. The van der Waals surface area contributed by atoms with Crippen LogP contribution in [-0.2, 0) is 12.5 Å². The number of Topliss-reactive ketones (excluding diaryl/α,β-unsaturated/α-hetero) is 1. The molecule has 1 saturated carbocycles. The fourth-order valence-corrected chi connectivity index (χ4v) is 5.95. The Hall–Kier alpha value is -2.18. The number of halogens is 5. The largest absolute Gasteiger partial charge is 0.328 e. The molecule has 2 N–H and O–H groups in total. The minimum atomic E-state index is -3.38. The number of ketones is 1. The molecule has 37 heavy (non-hydrogen) atoms. The monoisotopic (exact) mass is 590 g/mol. The van der Waals surface area contributed by atoms with Gasteiger partial charge in [-0.1, -0.05) is 34.8 Å². The number of carbonyl (C=O) groups excluding carboxylic acids is 2. The van der Waals surface area contributed by atoms with Gasteiger partial charge in [-0.15, -0.1) is 11.3 Å². The number of hydrogen-bond acceptors (Lipinski definition) is 7. The molecule has 3 heterocycles. The van der Waals surface area contributed by atoms with E-state index in [1.165, 1.54) is 23.3 Å². The summed E-state index contributed by atoms with van der Waals surface area (Å²) in [7, 11) is 0. The van der Waals surface area contributed by atoms with Crippen molar-refractivity contribution in [1.29, 1.82) is 0 Å². The van der Waals surface area contributed by atoms with Crippen molar-refractivity contribution >= 4 is 57.8 Å². The molecule has 0 aliphatic heterocycles. The van der Waals surface area contributed by atoms with Gasteiger partial charge in [0.05, 0.1) is 52.7 Å². The summed E-state index contributed by atoms with van der Waals surface area (Å²) in [5.41, 5.74) is 5.14. The Balaban J connectivity index is 1.71. The number of nitrogens with zero attached hydrogens (tertiary/aromatic N) is 5. The van der Waals surface area contributed by atoms with E-state index in [4.69, 9.17) is 40.5 Å². The Kier molecular flexibility index (Phi) is 8.49. The average Bonchev–Trinajstić information content (AvgIpc) is 3.45. The summed E-state index contributed by atoms with van der Waals surface area (Å²) in [6, 6.07) is -0.304. The highest BCUT2D eigenvalue weighted by molar-refractivity contribution is 7.15. The zero-order valence-corrected chi connectivity index (χ0v) is 22.7. The van der Waals surface area contributed by atoms with Crippen LogP contribution in [0.2, 0.25) is 14.4 Å². The number of hydrogen-bond donors (Lipinski definition) is 1. The first-order chi connectivity index (χ1) is 17.5. The zero-order valence-electron chi connectivity index (χ0n) is 19.6. The van der Waals surface area contributed by atoms with Crippen molar-refractivity contribution in [2.45, 2.75) is 57.2 Å². The van der Waals surface area contributed by atoms with Crippen LogP contribution >= 0.6 is 46.1 Å². The summed E-state index contributed by atoms with van der Waals surface area (Å²) in [6.07, 6.45) is 7.51. The normalized spacial score (nSPS) is 18.1. The van der Waals surface area contributed by atoms with Crippen LogP contribution in [0.1, 0.15) is 70.1 Å². The van der Waals surface area contributed by atoms with Gasteiger partial charge in [-0.3, -0.25) is 19.3 Å². The van der Waals surface area contributed by atoms with Gasteiger partial charge in [-0.2, -0.15) is 13.9 Å². The van der Waals surface area contributed by atoms with Crippen molar-refractivity contribution in [3.05, 3.63) is 61.0 Å². The van der Waals surface area contributed by atoms with E-state index >= 15 is 0 Å². The maximum absolute atomic E-state index is 14.9. The maximum atomic E-state index is 14.9. The SMILES string of the molecule is CC(F)(F)c1c(C(=O)N(CC(=O)c2c(Cl)cncc2Cl)Cc2ncc(Cl)s2)cnn1C1CCC(N)CC1. The van der Waals surface area contributed by atoms with Gasteiger partial charge in [-0.25, -0.2) is 4.98 Å². The topological polar surface area (TPSA) is 107 Å². The molecular formula is C23H23Cl3F2N6O2S. The van der Waals surface area contributed by atoms with Gasteiger partial charge in [0, 0.05) is 25.4 Å². The standard InChI is InChI=1S/C23H23Cl3F2N6O2S/c1-23(27,28)21-14(6-32-34(21)13-4-2-12(29)3-5-13)22(36)33(11-19-31-9-18(26)37-19)10-17(35)20-15(24)7-30-8-16(20)25/h6-9,12-13H,2-5,10-11,29H2,1H3. The molecule has 4 rings (SSSR count). The van der Waals surface area contributed by atoms with Crippen molar-refractivity contribution < 1.29 is 18.4 Å². The van der Waals surface area contributed by atoms with Crippen molar-refractivity contribution in [1.82, 2.24) is 24.6 Å². The van der Waals surface area contributed by atoms with E-state index in [0.29, 0.717) is 35.0 Å². The van der Waals surface area contributed by atoms with Crippen LogP contribution < -0.4 is 5.73 Å². The zero-order chi connectivity index (χ0) is 26.9. The quantitative estimate of drug-likeness (QED) is 0.333. The highest BCUT2D eigenvalue weighted by atomic mass is 35.5. The van der Waals surface area contributed by atoms with Gasteiger partial charge >= 0.3 is 0 Å². The molecule has 1 amide bonds. The van der Waals surface area contributed by atoms with Crippen LogP contribution in [0.5, 0.6) is 0 Å². The first-order valence-corrected chi connectivity index (χ1v) is 13.3. The highest BCUT2D eigenvalue weighted by Gasteiger charge is 2.39. The minimum Gasteiger partial charge on any atom is -0.328 e. The first kappa shape index (κ1) is 27.8. The van der Waals surface area contributed by atoms with Crippen LogP contribution in [-0.4, -0.2) is 48.9 Å². The number of thiazole rings is 1. The van der Waals surface area contributed by atoms with E-state index < -0.39 is 29.9 Å². The van der Waals surface area contributed by atoms with E-state index in [2.05, 4.69) is 15.1 Å². The molecule has 198 valence electrons. The number of rotatable bonds is 8. The van der Waals surface area contributed by atoms with E-state index in [-0.39, 0.29) is 39.8 Å². The van der Waals surface area contributed by atoms with Crippen LogP contribution in [0.25, 0.3) is 0 Å². The average molecular weight is 592 g/mol. The summed E-state index contributed by atoms with van der Waals surface area (Å²) in [5.74, 6) is -4.78. The number of carbonyl (C=O) groups is 2. The van der Waals surface area contributed by atoms with Crippen molar-refractivity contribution in [3.63, 3.8) is 0 Å². The second-order valence-electron chi connectivity index (χ2n) is 8.93. The number of alkyl halides is 2. The number of aromatic nitrogens is 4. The van der Waals surface area contributed by atoms with Gasteiger partial charge < -0.3 is 10.6 Å². The second kappa shape index (κ2) is 11.3. The molecule has 3 aromatic rings. The lowest BCUT2D eigenvalue weighted by Gasteiger charge is -2.29. The molecule has 0 bridgehead atoms. The van der Waals surface area contributed by atoms with E-state index in [1.807, 2.05) is 0 Å². The van der Waals surface area contributed by atoms with E-state index in [9.17, 15) is 18.4 Å². The number of nitrogens with two attached hydrogens (primary N) is 1. The molecule has 14 heteroatoms. The van der Waals surface area contributed by atoms with Crippen LogP contribution in [0.4, 0.5) is 8.78 Å². The van der Waals surface area contributed by atoms with Crippen molar-refractivity contribution in [3.8, 4) is 0 Å². The smallest absolute Gasteiger partial charge is 0.287 e. The van der Waals surface area contributed by atoms with Crippen molar-refractivity contribution in [2.24, 2.45) is 5.73 Å². The molecule has 0 spiro atoms. The Morgan fingerprint density at radius 1 is 1.14 bits per heavy atom. The van der Waals surface area contributed by atoms with Crippen LogP contribution in [0, 0.1) is 0 Å². The lowest BCUT2D eigenvalue weighted by molar-refractivity contribution is 0.00358. The summed E-state index contributed by atoms with van der Waals surface area (Å²) >= 11 is 19.4. The Bertz CT molecular complexity index is 1280. The Morgan fingerprint density at radius 2 is 1.78 bits per heavy atom. The van der Waals surface area contributed by atoms with E-state index in [1.54, 1.807) is 0 Å². The molecule has 1 fully saturated rings. The lowest BCUT2D eigenvalue weighted by atomic mass is 9.91. The second-order valence-corrected chi connectivity index (χ2v) is 11.5. The highest BCUT2D eigenvalue weighted by Crippen LogP contribution is 2.37. The Morgan fingerprint density at radius 3 is 2.35 bits per heavy atom. The summed E-state index contributed by atoms with van der Waals surface area (Å²) in [5, 5.41) is 4.62. The third kappa shape index (κ3) is 6.28. The summed E-state index contributed by atoms with van der Waals surface area (Å²) in [4.78, 5) is 36.0. The van der Waals surface area contributed by atoms with Gasteiger partial charge in [0.15, 0.2) is 5.78 Å². The molecule has 0 atom stereocenters. The molecule has 3 aromatic heterocycles.